The number of amidine groups is 1. The molecule has 3 atom stereocenters. The van der Waals surface area contributed by atoms with Crippen molar-refractivity contribution in [3.8, 4) is 0 Å². The molecule has 262 valence electrons. The molecule has 0 spiro atoms. The molecule has 2 aromatic carbocycles. The molecule has 3 aliphatic rings. The van der Waals surface area contributed by atoms with Crippen molar-refractivity contribution in [3.05, 3.63) is 70.3 Å². The number of unbranched alkanes of at least 4 members (excludes halogenated alkanes) is 2. The lowest BCUT2D eigenvalue weighted by molar-refractivity contribution is -0.162. The number of nitrogens with zero attached hydrogens (tertiary/aromatic N) is 4. The molecule has 1 fully saturated rings. The van der Waals surface area contributed by atoms with Crippen molar-refractivity contribution in [1.82, 2.24) is 0 Å². The predicted octanol–water partition coefficient (Wildman–Crippen LogP) is 7.92. The third-order valence-electron chi connectivity index (χ3n) is 8.20. The summed E-state index contributed by atoms with van der Waals surface area (Å²) in [6.45, 7) is 1.28. The van der Waals surface area contributed by atoms with Gasteiger partial charge in [0.05, 0.1) is 11.4 Å². The molecule has 0 aromatic heterocycles. The first-order valence-corrected chi connectivity index (χ1v) is 16.7. The first-order valence-electron chi connectivity index (χ1n) is 15.9. The molecule has 0 radical (unpaired) electrons. The van der Waals surface area contributed by atoms with E-state index in [9.17, 15) is 26.3 Å². The molecule has 3 unspecified atom stereocenters. The maximum atomic E-state index is 14.3. The minimum Gasteiger partial charge on any atom is -0.396 e. The molecule has 5 rings (SSSR count). The molecule has 8 nitrogen and oxygen atoms in total. The minimum atomic E-state index is -1.47. The van der Waals surface area contributed by atoms with Gasteiger partial charge in [-0.1, -0.05) is 25.0 Å². The highest BCUT2D eigenvalue weighted by Gasteiger charge is 2.29. The van der Waals surface area contributed by atoms with Crippen LogP contribution in [0.5, 0.6) is 0 Å². The van der Waals surface area contributed by atoms with E-state index in [0.29, 0.717) is 73.4 Å². The summed E-state index contributed by atoms with van der Waals surface area (Å²) >= 11 is 3.21. The molecule has 15 heteroatoms. The maximum absolute atomic E-state index is 14.3. The van der Waals surface area contributed by atoms with Crippen LogP contribution >= 0.6 is 15.9 Å². The van der Waals surface area contributed by atoms with Gasteiger partial charge in [0.25, 0.3) is 0 Å². The van der Waals surface area contributed by atoms with E-state index in [2.05, 4.69) is 36.3 Å². The highest BCUT2D eigenvalue weighted by atomic mass is 79.9. The van der Waals surface area contributed by atoms with E-state index < -0.39 is 46.7 Å². The van der Waals surface area contributed by atoms with Crippen LogP contribution in [0.25, 0.3) is 0 Å². The largest absolute Gasteiger partial charge is 0.396 e. The number of hydrogen-bond donors (Lipinski definition) is 2. The van der Waals surface area contributed by atoms with Crippen molar-refractivity contribution in [1.29, 1.82) is 0 Å². The van der Waals surface area contributed by atoms with E-state index in [4.69, 9.17) is 20.3 Å². The van der Waals surface area contributed by atoms with Crippen LogP contribution in [-0.4, -0.2) is 53.1 Å². The maximum Gasteiger partial charge on any atom is 0.194 e. The van der Waals surface area contributed by atoms with Crippen molar-refractivity contribution in [2.75, 3.05) is 19.8 Å². The lowest BCUT2D eigenvalue weighted by Crippen LogP contribution is -2.23. The number of aliphatic hydroxyl groups is 1. The van der Waals surface area contributed by atoms with Crippen LogP contribution in [0.2, 0.25) is 0 Å². The van der Waals surface area contributed by atoms with E-state index in [1.807, 2.05) is 0 Å². The Balaban J connectivity index is 0.000000224. The van der Waals surface area contributed by atoms with Gasteiger partial charge in [-0.05, 0) is 84.1 Å². The van der Waals surface area contributed by atoms with Crippen molar-refractivity contribution in [3.63, 3.8) is 0 Å². The highest BCUT2D eigenvalue weighted by Crippen LogP contribution is 2.33. The zero-order valence-corrected chi connectivity index (χ0v) is 27.8. The van der Waals surface area contributed by atoms with Crippen LogP contribution in [0.15, 0.2) is 44.7 Å². The van der Waals surface area contributed by atoms with Gasteiger partial charge in [0, 0.05) is 44.5 Å². The fourth-order valence-corrected chi connectivity index (χ4v) is 6.07. The van der Waals surface area contributed by atoms with Gasteiger partial charge in [0.1, 0.15) is 10.5 Å². The quantitative estimate of drug-likeness (QED) is 0.116. The van der Waals surface area contributed by atoms with Crippen LogP contribution in [0.3, 0.4) is 0 Å². The molecule has 0 saturated carbocycles. The molecule has 2 aromatic rings. The first kappa shape index (κ1) is 37.7. The summed E-state index contributed by atoms with van der Waals surface area (Å²) < 4.78 is 93.6. The average Bonchev–Trinajstić information content (AvgIpc) is 3.72. The van der Waals surface area contributed by atoms with Gasteiger partial charge in [-0.25, -0.2) is 26.3 Å². The molecule has 48 heavy (non-hydrogen) atoms. The van der Waals surface area contributed by atoms with Crippen molar-refractivity contribution >= 4 is 37.8 Å². The summed E-state index contributed by atoms with van der Waals surface area (Å²) in [7, 11) is 0. The Morgan fingerprint density at radius 3 is 1.85 bits per heavy atom. The Kier molecular flexibility index (Phi) is 14.6. The fourth-order valence-electron chi connectivity index (χ4n) is 5.70. The number of hydrogen-bond acceptors (Lipinski definition) is 8. The van der Waals surface area contributed by atoms with Gasteiger partial charge in [0.15, 0.2) is 41.2 Å². The normalized spacial score (nSPS) is 18.8. The van der Waals surface area contributed by atoms with Gasteiger partial charge in [0.2, 0.25) is 0 Å². The molecule has 3 aliphatic heterocycles. The summed E-state index contributed by atoms with van der Waals surface area (Å²) in [5.41, 5.74) is 6.98. The Labute approximate surface area is 283 Å². The third kappa shape index (κ3) is 10.2. The summed E-state index contributed by atoms with van der Waals surface area (Å²) in [6, 6.07) is 4.36. The molecule has 3 N–H and O–H groups in total. The SMILES string of the molecule is NC1=NN=C(C(CCCCOC2CCCCO2)c2ccc(F)c(F)c2F)C1.OCCCCC(C1=NN=C(Br)C1)c1ccc(F)c(F)c1F. The summed E-state index contributed by atoms with van der Waals surface area (Å²) in [6.07, 6.45) is 7.25. The van der Waals surface area contributed by atoms with Gasteiger partial charge < -0.3 is 20.3 Å². The highest BCUT2D eigenvalue weighted by molar-refractivity contribution is 9.18. The molecular weight excluding hydrogens is 708 g/mol. The second kappa shape index (κ2) is 18.6. The van der Waals surface area contributed by atoms with Crippen LogP contribution in [0.1, 0.15) is 93.6 Å². The zero-order valence-electron chi connectivity index (χ0n) is 26.2. The van der Waals surface area contributed by atoms with E-state index >= 15 is 0 Å². The lowest BCUT2D eigenvalue weighted by atomic mass is 9.87. The van der Waals surface area contributed by atoms with Gasteiger partial charge >= 0.3 is 0 Å². The Bertz CT molecular complexity index is 1530. The van der Waals surface area contributed by atoms with Crippen molar-refractivity contribution < 1.29 is 40.9 Å². The minimum absolute atomic E-state index is 0.0274. The van der Waals surface area contributed by atoms with E-state index in [1.165, 1.54) is 12.1 Å². The first-order chi connectivity index (χ1) is 23.1. The van der Waals surface area contributed by atoms with Crippen LogP contribution in [0.4, 0.5) is 26.3 Å². The van der Waals surface area contributed by atoms with Gasteiger partial charge in [-0.15, -0.1) is 10.2 Å². The molecule has 0 bridgehead atoms. The predicted molar refractivity (Wildman–Crippen MR) is 175 cm³/mol. The third-order valence-corrected chi connectivity index (χ3v) is 8.64. The second-order valence-corrected chi connectivity index (χ2v) is 12.5. The summed E-state index contributed by atoms with van der Waals surface area (Å²) in [4.78, 5) is 0. The van der Waals surface area contributed by atoms with Gasteiger partial charge in [-0.2, -0.15) is 10.2 Å². The summed E-state index contributed by atoms with van der Waals surface area (Å²) in [5.74, 6) is -8.39. The van der Waals surface area contributed by atoms with E-state index in [1.54, 1.807) is 0 Å². The smallest absolute Gasteiger partial charge is 0.194 e. The zero-order chi connectivity index (χ0) is 34.6. The van der Waals surface area contributed by atoms with Crippen LogP contribution in [0, 0.1) is 34.9 Å². The molecule has 0 amide bonds. The lowest BCUT2D eigenvalue weighted by Gasteiger charge is -2.23. The Hall–Kier alpha value is -3.14. The van der Waals surface area contributed by atoms with Crippen molar-refractivity contribution in [2.24, 2.45) is 26.1 Å². The van der Waals surface area contributed by atoms with E-state index in [0.717, 1.165) is 44.4 Å². The number of ether oxygens (including phenoxy) is 2. The molecular formula is C33H38BrF6N5O3. The topological polar surface area (TPSA) is 114 Å². The number of aliphatic hydroxyl groups excluding tert-OH is 1. The summed E-state index contributed by atoms with van der Waals surface area (Å²) in [5, 5.41) is 24.5. The number of rotatable bonds is 14. The van der Waals surface area contributed by atoms with Crippen molar-refractivity contribution in [2.45, 2.75) is 88.8 Å². The number of halogens is 7. The average molecular weight is 747 g/mol. The van der Waals surface area contributed by atoms with Crippen LogP contribution in [-0.2, 0) is 9.47 Å². The standard InChI is InChI=1S/C19H24F3N3O2.C14H14BrF3N2O/c20-14-8-7-13(18(21)19(14)22)12(15-11-16(23)25-24-15)5-1-3-9-26-17-6-2-4-10-27-17;15-12-7-11(19-20-12)8(3-1-2-6-21)9-4-5-10(16)14(18)13(9)17/h7-8,12,17H,1-6,9-11H2,(H2,23,25);4-5,8,21H,1-3,6-7H2. The Morgan fingerprint density at radius 2 is 1.35 bits per heavy atom. The van der Waals surface area contributed by atoms with E-state index in [-0.39, 0.29) is 24.0 Å². The molecule has 0 aliphatic carbocycles. The number of nitrogens with two attached hydrogens (primary N) is 1. The second-order valence-electron chi connectivity index (χ2n) is 11.6. The molecule has 1 saturated heterocycles. The van der Waals surface area contributed by atoms with Gasteiger partial charge in [-0.3, -0.25) is 0 Å². The fraction of sp³-hybridized carbons (Fsp3) is 0.515. The Morgan fingerprint density at radius 1 is 0.771 bits per heavy atom. The van der Waals surface area contributed by atoms with Crippen LogP contribution < -0.4 is 5.73 Å². The number of benzene rings is 2. The molecule has 3 heterocycles. The monoisotopic (exact) mass is 745 g/mol.